The number of carbonyl (C=O) groups excluding carboxylic acids is 1. The van der Waals surface area contributed by atoms with Gasteiger partial charge in [-0.2, -0.15) is 0 Å². The number of carbonyl (C=O) groups is 1. The minimum Gasteiger partial charge on any atom is -0.391 e. The first-order chi connectivity index (χ1) is 9.09. The fraction of sp³-hybridized carbons (Fsp3) is 0.533. The molecule has 2 atom stereocenters. The molecule has 0 heterocycles. The molecule has 104 valence electrons. The summed E-state index contributed by atoms with van der Waals surface area (Å²) in [5.41, 5.74) is 0.407. The summed E-state index contributed by atoms with van der Waals surface area (Å²) in [5.74, 6) is -0.496. The summed E-state index contributed by atoms with van der Waals surface area (Å²) in [6.07, 6.45) is 3.18. The van der Waals surface area contributed by atoms with E-state index in [2.05, 4.69) is 0 Å². The summed E-state index contributed by atoms with van der Waals surface area (Å²) in [6.45, 7) is 0. The minimum absolute atomic E-state index is 0.0480. The Morgan fingerprint density at radius 2 is 2.05 bits per heavy atom. The van der Waals surface area contributed by atoms with Gasteiger partial charge in [0.25, 0.3) is 0 Å². The molecule has 19 heavy (non-hydrogen) atoms. The van der Waals surface area contributed by atoms with Crippen LogP contribution < -0.4 is 0 Å². The molecule has 1 aromatic rings. The van der Waals surface area contributed by atoms with E-state index < -0.39 is 6.10 Å². The number of halogens is 1. The highest BCUT2D eigenvalue weighted by Gasteiger charge is 2.29. The van der Waals surface area contributed by atoms with Crippen LogP contribution in [0.3, 0.4) is 0 Å². The predicted octanol–water partition coefficient (Wildman–Crippen LogP) is 2.13. The summed E-state index contributed by atoms with van der Waals surface area (Å²) in [6, 6.07) is 6.18. The highest BCUT2D eigenvalue weighted by molar-refractivity contribution is 5.79. The molecule has 1 amide bonds. The van der Waals surface area contributed by atoms with Gasteiger partial charge < -0.3 is 10.0 Å². The Hall–Kier alpha value is -1.42. The average molecular weight is 265 g/mol. The lowest BCUT2D eigenvalue weighted by molar-refractivity contribution is -0.134. The molecule has 1 aromatic carbocycles. The molecule has 1 saturated carbocycles. The molecule has 1 N–H and O–H groups in total. The first kappa shape index (κ1) is 14.0. The standard InChI is InChI=1S/C15H20FNO2/c1-17(13-8-4-5-9-14(13)18)15(19)10-11-6-2-3-7-12(11)16/h2-3,6-7,13-14,18H,4-5,8-10H2,1H3/t13-,14-/m1/s1. The van der Waals surface area contributed by atoms with Gasteiger partial charge in [0, 0.05) is 7.05 Å². The Kier molecular flexibility index (Phi) is 4.53. The van der Waals surface area contributed by atoms with E-state index in [4.69, 9.17) is 0 Å². The fourth-order valence-corrected chi connectivity index (χ4v) is 2.66. The van der Waals surface area contributed by atoms with Gasteiger partial charge in [0.1, 0.15) is 5.82 Å². The number of hydrogen-bond donors (Lipinski definition) is 1. The van der Waals surface area contributed by atoms with Crippen molar-refractivity contribution in [3.63, 3.8) is 0 Å². The maximum atomic E-state index is 13.5. The maximum Gasteiger partial charge on any atom is 0.227 e. The lowest BCUT2D eigenvalue weighted by Gasteiger charge is -2.35. The van der Waals surface area contributed by atoms with Crippen molar-refractivity contribution in [3.8, 4) is 0 Å². The Labute approximate surface area is 113 Å². The molecule has 1 aliphatic rings. The lowest BCUT2D eigenvalue weighted by Crippen LogP contribution is -2.46. The van der Waals surface area contributed by atoms with Gasteiger partial charge in [0.15, 0.2) is 0 Å². The Morgan fingerprint density at radius 3 is 2.74 bits per heavy atom. The van der Waals surface area contributed by atoms with E-state index in [-0.39, 0.29) is 24.2 Å². The third-order valence-corrected chi connectivity index (χ3v) is 3.88. The second-order valence-corrected chi connectivity index (χ2v) is 5.19. The molecule has 0 saturated heterocycles. The van der Waals surface area contributed by atoms with Crippen LogP contribution in [0.15, 0.2) is 24.3 Å². The molecular formula is C15H20FNO2. The van der Waals surface area contributed by atoms with Gasteiger partial charge in [0.05, 0.1) is 18.6 Å². The van der Waals surface area contributed by atoms with Crippen molar-refractivity contribution in [2.75, 3.05) is 7.05 Å². The van der Waals surface area contributed by atoms with Crippen LogP contribution in [0, 0.1) is 5.82 Å². The molecule has 0 aliphatic heterocycles. The number of hydrogen-bond acceptors (Lipinski definition) is 2. The van der Waals surface area contributed by atoms with Crippen molar-refractivity contribution in [2.24, 2.45) is 0 Å². The van der Waals surface area contributed by atoms with E-state index >= 15 is 0 Å². The molecule has 0 bridgehead atoms. The number of amides is 1. The highest BCUT2D eigenvalue weighted by atomic mass is 19.1. The van der Waals surface area contributed by atoms with Gasteiger partial charge >= 0.3 is 0 Å². The predicted molar refractivity (Wildman–Crippen MR) is 71.1 cm³/mol. The van der Waals surface area contributed by atoms with Gasteiger partial charge in [-0.05, 0) is 24.5 Å². The molecule has 3 nitrogen and oxygen atoms in total. The number of aliphatic hydroxyl groups excluding tert-OH is 1. The average Bonchev–Trinajstić information content (AvgIpc) is 2.41. The molecule has 1 aliphatic carbocycles. The number of benzene rings is 1. The van der Waals surface area contributed by atoms with E-state index in [1.807, 2.05) is 0 Å². The third kappa shape index (κ3) is 3.32. The molecule has 0 unspecified atom stereocenters. The topological polar surface area (TPSA) is 40.5 Å². The SMILES string of the molecule is CN(C(=O)Cc1ccccc1F)[C@@H]1CCCC[C@H]1O. The van der Waals surface area contributed by atoms with Crippen molar-refractivity contribution in [3.05, 3.63) is 35.6 Å². The summed E-state index contributed by atoms with van der Waals surface area (Å²) >= 11 is 0. The van der Waals surface area contributed by atoms with E-state index in [1.54, 1.807) is 30.1 Å². The van der Waals surface area contributed by atoms with Crippen LogP contribution >= 0.6 is 0 Å². The van der Waals surface area contributed by atoms with Crippen LogP contribution in [0.1, 0.15) is 31.2 Å². The second-order valence-electron chi connectivity index (χ2n) is 5.19. The molecule has 2 rings (SSSR count). The third-order valence-electron chi connectivity index (χ3n) is 3.88. The van der Waals surface area contributed by atoms with E-state index in [0.29, 0.717) is 5.56 Å². The molecule has 1 fully saturated rings. The zero-order valence-corrected chi connectivity index (χ0v) is 11.2. The van der Waals surface area contributed by atoms with Crippen molar-refractivity contribution >= 4 is 5.91 Å². The number of aliphatic hydroxyl groups is 1. The van der Waals surface area contributed by atoms with Gasteiger partial charge in [-0.1, -0.05) is 31.0 Å². The number of nitrogens with zero attached hydrogens (tertiary/aromatic N) is 1. The monoisotopic (exact) mass is 265 g/mol. The Bertz CT molecular complexity index is 450. The Morgan fingerprint density at radius 1 is 1.37 bits per heavy atom. The zero-order valence-electron chi connectivity index (χ0n) is 11.2. The summed E-state index contributed by atoms with van der Waals surface area (Å²) in [5, 5.41) is 9.94. The van der Waals surface area contributed by atoms with Crippen molar-refractivity contribution in [1.82, 2.24) is 4.90 Å². The van der Waals surface area contributed by atoms with Crippen LogP contribution in [0.5, 0.6) is 0 Å². The quantitative estimate of drug-likeness (QED) is 0.909. The fourth-order valence-electron chi connectivity index (χ4n) is 2.66. The summed E-state index contributed by atoms with van der Waals surface area (Å²) in [7, 11) is 1.70. The van der Waals surface area contributed by atoms with Crippen molar-refractivity contribution < 1.29 is 14.3 Å². The zero-order chi connectivity index (χ0) is 13.8. The highest BCUT2D eigenvalue weighted by Crippen LogP contribution is 2.23. The van der Waals surface area contributed by atoms with Crippen LogP contribution in [-0.4, -0.2) is 35.1 Å². The van der Waals surface area contributed by atoms with Gasteiger partial charge in [-0.25, -0.2) is 4.39 Å². The van der Waals surface area contributed by atoms with Gasteiger partial charge in [-0.15, -0.1) is 0 Å². The van der Waals surface area contributed by atoms with Crippen LogP contribution in [0.4, 0.5) is 4.39 Å². The summed E-state index contributed by atoms with van der Waals surface area (Å²) in [4.78, 5) is 13.7. The number of likely N-dealkylation sites (N-methyl/N-ethyl adjacent to an activating group) is 1. The second kappa shape index (κ2) is 6.15. The van der Waals surface area contributed by atoms with Gasteiger partial charge in [0.2, 0.25) is 5.91 Å². The van der Waals surface area contributed by atoms with E-state index in [0.717, 1.165) is 25.7 Å². The molecule has 0 radical (unpaired) electrons. The maximum absolute atomic E-state index is 13.5. The smallest absolute Gasteiger partial charge is 0.227 e. The summed E-state index contributed by atoms with van der Waals surface area (Å²) < 4.78 is 13.5. The van der Waals surface area contributed by atoms with Crippen LogP contribution in [0.2, 0.25) is 0 Å². The Balaban J connectivity index is 2.01. The van der Waals surface area contributed by atoms with Crippen molar-refractivity contribution in [2.45, 2.75) is 44.2 Å². The van der Waals surface area contributed by atoms with E-state index in [9.17, 15) is 14.3 Å². The van der Waals surface area contributed by atoms with Crippen molar-refractivity contribution in [1.29, 1.82) is 0 Å². The molecule has 0 aromatic heterocycles. The lowest BCUT2D eigenvalue weighted by atomic mass is 9.91. The minimum atomic E-state index is -0.455. The molecule has 0 spiro atoms. The normalized spacial score (nSPS) is 23.1. The molecule has 4 heteroatoms. The van der Waals surface area contributed by atoms with Crippen LogP contribution in [0.25, 0.3) is 0 Å². The largest absolute Gasteiger partial charge is 0.391 e. The van der Waals surface area contributed by atoms with E-state index in [1.165, 1.54) is 6.07 Å². The number of rotatable bonds is 3. The first-order valence-corrected chi connectivity index (χ1v) is 6.76. The van der Waals surface area contributed by atoms with Gasteiger partial charge in [-0.3, -0.25) is 4.79 Å². The molecular weight excluding hydrogens is 245 g/mol. The first-order valence-electron chi connectivity index (χ1n) is 6.76. The van der Waals surface area contributed by atoms with Crippen LogP contribution in [-0.2, 0) is 11.2 Å².